The fourth-order valence-corrected chi connectivity index (χ4v) is 4.76. The van der Waals surface area contributed by atoms with Gasteiger partial charge in [0.15, 0.2) is 0 Å². The molecule has 0 N–H and O–H groups in total. The molecule has 0 atom stereocenters. The van der Waals surface area contributed by atoms with Gasteiger partial charge >= 0.3 is 0 Å². The molecule has 0 saturated carbocycles. The number of carbonyl (C=O) groups excluding carboxylic acids is 1. The number of hydrogen-bond donors (Lipinski definition) is 0. The summed E-state index contributed by atoms with van der Waals surface area (Å²) in [6, 6.07) is 15.5. The third-order valence-corrected chi connectivity index (χ3v) is 6.27. The van der Waals surface area contributed by atoms with Gasteiger partial charge in [0.2, 0.25) is 0 Å². The van der Waals surface area contributed by atoms with Gasteiger partial charge in [0.25, 0.3) is 5.91 Å². The highest BCUT2D eigenvalue weighted by molar-refractivity contribution is 5.97. The summed E-state index contributed by atoms with van der Waals surface area (Å²) in [5.74, 6) is 0.880. The van der Waals surface area contributed by atoms with E-state index >= 15 is 0 Å². The summed E-state index contributed by atoms with van der Waals surface area (Å²) in [4.78, 5) is 20.1. The highest BCUT2D eigenvalue weighted by Crippen LogP contribution is 2.37. The molecule has 1 amide bonds. The molecule has 0 aromatic heterocycles. The molecule has 2 aromatic carbocycles. The van der Waals surface area contributed by atoms with Crippen molar-refractivity contribution in [1.29, 1.82) is 0 Å². The summed E-state index contributed by atoms with van der Waals surface area (Å²) in [7, 11) is 0. The molecule has 3 heterocycles. The number of amides is 1. The average molecular weight is 404 g/mol. The molecule has 154 valence electrons. The van der Waals surface area contributed by atoms with Crippen molar-refractivity contribution >= 4 is 5.91 Å². The Hall–Kier alpha value is -2.92. The Kier molecular flexibility index (Phi) is 4.91. The molecule has 0 fully saturated rings. The Balaban J connectivity index is 1.41. The topological polar surface area (TPSA) is 26.8 Å². The summed E-state index contributed by atoms with van der Waals surface area (Å²) >= 11 is 0. The molecule has 3 aliphatic rings. The second-order valence-corrected chi connectivity index (χ2v) is 8.35. The van der Waals surface area contributed by atoms with E-state index in [1.807, 2.05) is 17.0 Å². The van der Waals surface area contributed by atoms with E-state index in [2.05, 4.69) is 40.1 Å². The van der Waals surface area contributed by atoms with Crippen molar-refractivity contribution in [3.63, 3.8) is 0 Å². The minimum atomic E-state index is -0.209. The van der Waals surface area contributed by atoms with Gasteiger partial charge in [-0.05, 0) is 42.2 Å². The molecule has 0 spiro atoms. The summed E-state index contributed by atoms with van der Waals surface area (Å²) in [6.07, 6.45) is 4.01. The van der Waals surface area contributed by atoms with Gasteiger partial charge in [0, 0.05) is 38.3 Å². The van der Waals surface area contributed by atoms with Gasteiger partial charge in [-0.25, -0.2) is 4.39 Å². The highest BCUT2D eigenvalue weighted by Gasteiger charge is 2.39. The van der Waals surface area contributed by atoms with E-state index in [0.29, 0.717) is 18.7 Å². The predicted octanol–water partition coefficient (Wildman–Crippen LogP) is 4.18. The second kappa shape index (κ2) is 7.73. The van der Waals surface area contributed by atoms with Crippen molar-refractivity contribution in [2.24, 2.45) is 0 Å². The lowest BCUT2D eigenvalue weighted by Gasteiger charge is -2.43. The number of hydrogen-bond acceptors (Lipinski definition) is 3. The zero-order chi connectivity index (χ0) is 20.7. The van der Waals surface area contributed by atoms with Crippen LogP contribution in [0.1, 0.15) is 29.5 Å². The minimum Gasteiger partial charge on any atom is -0.331 e. The quantitative estimate of drug-likeness (QED) is 0.766. The van der Waals surface area contributed by atoms with Crippen LogP contribution in [0.2, 0.25) is 0 Å². The van der Waals surface area contributed by atoms with Crippen LogP contribution in [0.25, 0.3) is 0 Å². The maximum absolute atomic E-state index is 13.7. The van der Waals surface area contributed by atoms with E-state index in [-0.39, 0.29) is 11.7 Å². The number of carbonyl (C=O) groups is 1. The first kappa shape index (κ1) is 19.1. The van der Waals surface area contributed by atoms with Crippen LogP contribution in [0.5, 0.6) is 0 Å². The number of nitrogens with zero attached hydrogens (tertiary/aromatic N) is 3. The number of fused-ring (bicyclic) bond motifs is 2. The van der Waals surface area contributed by atoms with Gasteiger partial charge in [0.1, 0.15) is 11.6 Å². The van der Waals surface area contributed by atoms with E-state index in [1.54, 1.807) is 13.0 Å². The van der Waals surface area contributed by atoms with Crippen molar-refractivity contribution in [3.8, 4) is 0 Å². The molecule has 0 saturated heterocycles. The number of halogens is 1. The predicted molar refractivity (Wildman–Crippen MR) is 114 cm³/mol. The molecule has 0 unspecified atom stereocenters. The third-order valence-electron chi connectivity index (χ3n) is 6.27. The lowest BCUT2D eigenvalue weighted by atomic mass is 9.99. The Morgan fingerprint density at radius 2 is 1.83 bits per heavy atom. The molecule has 5 rings (SSSR count). The monoisotopic (exact) mass is 403 g/mol. The van der Waals surface area contributed by atoms with Crippen LogP contribution in [0.15, 0.2) is 71.7 Å². The molecule has 5 heteroatoms. The Labute approximate surface area is 176 Å². The van der Waals surface area contributed by atoms with E-state index in [4.69, 9.17) is 0 Å². The number of rotatable bonds is 4. The van der Waals surface area contributed by atoms with Crippen LogP contribution in [0.3, 0.4) is 0 Å². The largest absolute Gasteiger partial charge is 0.331 e. The molecule has 3 aliphatic heterocycles. The Morgan fingerprint density at radius 1 is 1.00 bits per heavy atom. The zero-order valence-electron chi connectivity index (χ0n) is 17.3. The second-order valence-electron chi connectivity index (χ2n) is 8.35. The fraction of sp³-hybridized carbons (Fsp3) is 0.320. The standard InChI is InChI=1S/C25H26FN3O/c1-18-14-20(9-10-22(18)26)16-29-24-8-5-12-28(24)23-11-13-27(17-21(23)25(29)30)15-19-6-3-2-4-7-19/h2-4,6-10,14H,5,11-13,15-17H2,1H3. The summed E-state index contributed by atoms with van der Waals surface area (Å²) in [5, 5.41) is 0. The van der Waals surface area contributed by atoms with Crippen LogP contribution >= 0.6 is 0 Å². The Bertz CT molecular complexity index is 1040. The lowest BCUT2D eigenvalue weighted by Crippen LogP contribution is -2.48. The third kappa shape index (κ3) is 3.43. The van der Waals surface area contributed by atoms with Crippen molar-refractivity contribution < 1.29 is 9.18 Å². The summed E-state index contributed by atoms with van der Waals surface area (Å²) in [6.45, 7) is 5.65. The van der Waals surface area contributed by atoms with Gasteiger partial charge in [0.05, 0.1) is 12.1 Å². The van der Waals surface area contributed by atoms with E-state index < -0.39 is 0 Å². The zero-order valence-corrected chi connectivity index (χ0v) is 17.3. The smallest absolute Gasteiger partial charge is 0.258 e. The molecule has 0 radical (unpaired) electrons. The summed E-state index contributed by atoms with van der Waals surface area (Å²) in [5.41, 5.74) is 4.94. The van der Waals surface area contributed by atoms with Crippen molar-refractivity contribution in [3.05, 3.63) is 94.2 Å². The van der Waals surface area contributed by atoms with Crippen molar-refractivity contribution in [2.75, 3.05) is 19.6 Å². The molecule has 30 heavy (non-hydrogen) atoms. The molecular weight excluding hydrogens is 377 g/mol. The first-order valence-electron chi connectivity index (χ1n) is 10.6. The van der Waals surface area contributed by atoms with Gasteiger partial charge in [-0.15, -0.1) is 0 Å². The van der Waals surface area contributed by atoms with E-state index in [9.17, 15) is 9.18 Å². The van der Waals surface area contributed by atoms with Crippen molar-refractivity contribution in [2.45, 2.75) is 32.9 Å². The van der Waals surface area contributed by atoms with Gasteiger partial charge < -0.3 is 4.90 Å². The molecule has 2 aromatic rings. The maximum Gasteiger partial charge on any atom is 0.258 e. The van der Waals surface area contributed by atoms with Crippen LogP contribution in [0, 0.1) is 12.7 Å². The summed E-state index contributed by atoms with van der Waals surface area (Å²) < 4.78 is 13.7. The molecule has 0 aliphatic carbocycles. The van der Waals surface area contributed by atoms with Gasteiger partial charge in [-0.3, -0.25) is 14.6 Å². The first-order chi connectivity index (χ1) is 14.6. The molecule has 4 nitrogen and oxygen atoms in total. The molecular formula is C25H26FN3O. The fourth-order valence-electron chi connectivity index (χ4n) is 4.76. The average Bonchev–Trinajstić information content (AvgIpc) is 3.24. The number of benzene rings is 2. The van der Waals surface area contributed by atoms with E-state index in [1.165, 1.54) is 17.3 Å². The molecule has 0 bridgehead atoms. The van der Waals surface area contributed by atoms with Crippen LogP contribution in [-0.2, 0) is 17.9 Å². The van der Waals surface area contributed by atoms with Crippen LogP contribution in [0.4, 0.5) is 4.39 Å². The van der Waals surface area contributed by atoms with Gasteiger partial charge in [-0.1, -0.05) is 42.5 Å². The van der Waals surface area contributed by atoms with Crippen molar-refractivity contribution in [1.82, 2.24) is 14.7 Å². The minimum absolute atomic E-state index is 0.0918. The van der Waals surface area contributed by atoms with Crippen LogP contribution in [-0.4, -0.2) is 40.2 Å². The maximum atomic E-state index is 13.7. The lowest BCUT2D eigenvalue weighted by molar-refractivity contribution is -0.128. The Morgan fingerprint density at radius 3 is 2.63 bits per heavy atom. The SMILES string of the molecule is Cc1cc(CN2C(=O)C3=C(CCN(Cc4ccccc4)C3)N3CCC=C23)ccc1F. The first-order valence-corrected chi connectivity index (χ1v) is 10.6. The highest BCUT2D eigenvalue weighted by atomic mass is 19.1. The van der Waals surface area contributed by atoms with Gasteiger partial charge in [-0.2, -0.15) is 0 Å². The number of aryl methyl sites for hydroxylation is 1. The normalized spacial score (nSPS) is 19.1. The van der Waals surface area contributed by atoms with Crippen LogP contribution < -0.4 is 0 Å². The van der Waals surface area contributed by atoms with E-state index in [0.717, 1.165) is 49.4 Å².